The predicted octanol–water partition coefficient (Wildman–Crippen LogP) is 1.96. The van der Waals surface area contributed by atoms with Crippen LogP contribution < -0.4 is 0 Å². The van der Waals surface area contributed by atoms with Gasteiger partial charge in [-0.15, -0.1) is 0 Å². The molecule has 2 heterocycles. The van der Waals surface area contributed by atoms with Crippen molar-refractivity contribution in [3.63, 3.8) is 0 Å². The van der Waals surface area contributed by atoms with Gasteiger partial charge < -0.3 is 4.42 Å². The third-order valence-corrected chi connectivity index (χ3v) is 1.76. The predicted molar refractivity (Wildman–Crippen MR) is 48.4 cm³/mol. The molecule has 0 saturated heterocycles. The van der Waals surface area contributed by atoms with Crippen LogP contribution in [0.25, 0.3) is 11.1 Å². The van der Waals surface area contributed by atoms with Crippen LogP contribution in [0.2, 0.25) is 0 Å². The van der Waals surface area contributed by atoms with E-state index in [0.29, 0.717) is 12.2 Å². The summed E-state index contributed by atoms with van der Waals surface area (Å²) in [6, 6.07) is 5.45. The van der Waals surface area contributed by atoms with Crippen LogP contribution in [0.3, 0.4) is 0 Å². The second kappa shape index (κ2) is 3.01. The summed E-state index contributed by atoms with van der Waals surface area (Å²) in [6.45, 7) is 1.54. The minimum atomic E-state index is 0.0963. The summed E-state index contributed by atoms with van der Waals surface area (Å²) in [5.41, 5.74) is 1.54. The minimum Gasteiger partial charge on any atom is -0.459 e. The summed E-state index contributed by atoms with van der Waals surface area (Å²) in [4.78, 5) is 14.9. The Hall–Kier alpha value is -1.64. The van der Waals surface area contributed by atoms with Gasteiger partial charge in [-0.2, -0.15) is 0 Å². The molecular formula is C10H9NO2. The number of furan rings is 1. The van der Waals surface area contributed by atoms with Crippen LogP contribution in [0.4, 0.5) is 0 Å². The average molecular weight is 175 g/mol. The van der Waals surface area contributed by atoms with Gasteiger partial charge in [0, 0.05) is 12.3 Å². The minimum absolute atomic E-state index is 0.0963. The molecule has 0 fully saturated rings. The van der Waals surface area contributed by atoms with Crippen LogP contribution in [-0.4, -0.2) is 10.8 Å². The monoisotopic (exact) mass is 175 g/mol. The zero-order valence-electron chi connectivity index (χ0n) is 7.28. The molecule has 0 aliphatic rings. The van der Waals surface area contributed by atoms with Gasteiger partial charge in [0.1, 0.15) is 17.1 Å². The average Bonchev–Trinajstić information content (AvgIpc) is 2.44. The van der Waals surface area contributed by atoms with Crippen LogP contribution in [0, 0.1) is 0 Å². The lowest BCUT2D eigenvalue weighted by atomic mass is 10.2. The highest BCUT2D eigenvalue weighted by atomic mass is 16.3. The van der Waals surface area contributed by atoms with Crippen molar-refractivity contribution in [1.29, 1.82) is 0 Å². The first kappa shape index (κ1) is 7.98. The topological polar surface area (TPSA) is 43.1 Å². The van der Waals surface area contributed by atoms with Crippen LogP contribution in [0.15, 0.2) is 28.8 Å². The maximum atomic E-state index is 10.8. The molecule has 66 valence electrons. The Morgan fingerprint density at radius 2 is 2.46 bits per heavy atom. The van der Waals surface area contributed by atoms with E-state index in [9.17, 15) is 4.79 Å². The molecule has 0 atom stereocenters. The van der Waals surface area contributed by atoms with Gasteiger partial charge >= 0.3 is 0 Å². The summed E-state index contributed by atoms with van der Waals surface area (Å²) < 4.78 is 5.40. The SMILES string of the molecule is CC(=O)Cc1cc2ncccc2o1. The summed E-state index contributed by atoms with van der Waals surface area (Å²) in [5, 5.41) is 0. The maximum Gasteiger partial charge on any atom is 0.152 e. The molecule has 0 aliphatic carbocycles. The van der Waals surface area contributed by atoms with Crippen molar-refractivity contribution in [1.82, 2.24) is 4.98 Å². The van der Waals surface area contributed by atoms with E-state index in [-0.39, 0.29) is 5.78 Å². The first-order valence-corrected chi connectivity index (χ1v) is 4.08. The van der Waals surface area contributed by atoms with Crippen molar-refractivity contribution in [2.75, 3.05) is 0 Å². The zero-order chi connectivity index (χ0) is 9.26. The number of ketones is 1. The van der Waals surface area contributed by atoms with Crippen molar-refractivity contribution < 1.29 is 9.21 Å². The molecule has 13 heavy (non-hydrogen) atoms. The fraction of sp³-hybridized carbons (Fsp3) is 0.200. The van der Waals surface area contributed by atoms with Crippen LogP contribution in [-0.2, 0) is 11.2 Å². The normalized spacial score (nSPS) is 10.5. The number of pyridine rings is 1. The number of Topliss-reactive ketones (excluding diaryl/α,β-unsaturated/α-hetero) is 1. The number of nitrogens with zero attached hydrogens (tertiary/aromatic N) is 1. The van der Waals surface area contributed by atoms with E-state index < -0.39 is 0 Å². The van der Waals surface area contributed by atoms with Gasteiger partial charge in [-0.3, -0.25) is 9.78 Å². The molecule has 0 aromatic carbocycles. The van der Waals surface area contributed by atoms with Crippen molar-refractivity contribution >= 4 is 16.9 Å². The lowest BCUT2D eigenvalue weighted by Gasteiger charge is -1.87. The number of carbonyl (C=O) groups is 1. The van der Waals surface area contributed by atoms with E-state index >= 15 is 0 Å². The molecule has 3 nitrogen and oxygen atoms in total. The molecule has 0 saturated carbocycles. The third-order valence-electron chi connectivity index (χ3n) is 1.76. The standard InChI is InChI=1S/C10H9NO2/c1-7(12)5-8-6-9-10(13-8)3-2-4-11-9/h2-4,6H,5H2,1H3. The summed E-state index contributed by atoms with van der Waals surface area (Å²) in [5.74, 6) is 0.778. The highest BCUT2D eigenvalue weighted by molar-refractivity contribution is 5.80. The van der Waals surface area contributed by atoms with Crippen molar-refractivity contribution in [3.05, 3.63) is 30.2 Å². The molecular weight excluding hydrogens is 166 g/mol. The molecule has 0 aliphatic heterocycles. The first-order valence-electron chi connectivity index (χ1n) is 4.08. The van der Waals surface area contributed by atoms with Crippen molar-refractivity contribution in [2.45, 2.75) is 13.3 Å². The molecule has 0 unspecified atom stereocenters. The molecule has 0 radical (unpaired) electrons. The Balaban J connectivity index is 2.44. The second-order valence-corrected chi connectivity index (χ2v) is 2.98. The number of rotatable bonds is 2. The molecule has 0 N–H and O–H groups in total. The smallest absolute Gasteiger partial charge is 0.152 e. The van der Waals surface area contributed by atoms with E-state index in [2.05, 4.69) is 4.98 Å². The number of aromatic nitrogens is 1. The Kier molecular flexibility index (Phi) is 1.85. The highest BCUT2D eigenvalue weighted by Crippen LogP contribution is 2.16. The number of hydrogen-bond acceptors (Lipinski definition) is 3. The van der Waals surface area contributed by atoms with Gasteiger partial charge in [-0.25, -0.2) is 0 Å². The lowest BCUT2D eigenvalue weighted by molar-refractivity contribution is -0.116. The van der Waals surface area contributed by atoms with E-state index in [1.807, 2.05) is 12.1 Å². The van der Waals surface area contributed by atoms with E-state index in [1.54, 1.807) is 19.2 Å². The van der Waals surface area contributed by atoms with Gasteiger partial charge in [-0.1, -0.05) is 0 Å². The molecule has 0 bridgehead atoms. The third kappa shape index (κ3) is 1.59. The number of fused-ring (bicyclic) bond motifs is 1. The van der Waals surface area contributed by atoms with E-state index in [4.69, 9.17) is 4.42 Å². The van der Waals surface area contributed by atoms with Crippen molar-refractivity contribution in [3.8, 4) is 0 Å². The van der Waals surface area contributed by atoms with Crippen LogP contribution in [0.5, 0.6) is 0 Å². The van der Waals surface area contributed by atoms with Gasteiger partial charge in [0.05, 0.1) is 6.42 Å². The lowest BCUT2D eigenvalue weighted by Crippen LogP contribution is -1.93. The second-order valence-electron chi connectivity index (χ2n) is 2.98. The van der Waals surface area contributed by atoms with E-state index in [1.165, 1.54) is 0 Å². The molecule has 2 rings (SSSR count). The molecule has 0 spiro atoms. The molecule has 0 amide bonds. The Morgan fingerprint density at radius 1 is 1.62 bits per heavy atom. The quantitative estimate of drug-likeness (QED) is 0.700. The Labute approximate surface area is 75.4 Å². The highest BCUT2D eigenvalue weighted by Gasteiger charge is 2.05. The van der Waals surface area contributed by atoms with Gasteiger partial charge in [0.25, 0.3) is 0 Å². The fourth-order valence-electron chi connectivity index (χ4n) is 1.25. The van der Waals surface area contributed by atoms with Crippen molar-refractivity contribution in [2.24, 2.45) is 0 Å². The van der Waals surface area contributed by atoms with Gasteiger partial charge in [0.2, 0.25) is 0 Å². The summed E-state index contributed by atoms with van der Waals surface area (Å²) >= 11 is 0. The number of hydrogen-bond donors (Lipinski definition) is 0. The maximum absolute atomic E-state index is 10.8. The van der Waals surface area contributed by atoms with Gasteiger partial charge in [0.15, 0.2) is 5.58 Å². The molecule has 3 heteroatoms. The van der Waals surface area contributed by atoms with Crippen LogP contribution in [0.1, 0.15) is 12.7 Å². The van der Waals surface area contributed by atoms with Gasteiger partial charge in [-0.05, 0) is 19.1 Å². The van der Waals surface area contributed by atoms with E-state index in [0.717, 1.165) is 11.1 Å². The van der Waals surface area contributed by atoms with Crippen LogP contribution >= 0.6 is 0 Å². The molecule has 2 aromatic rings. The molecule has 2 aromatic heterocycles. The summed E-state index contributed by atoms with van der Waals surface area (Å²) in [7, 11) is 0. The Bertz CT molecular complexity index is 412. The Morgan fingerprint density at radius 3 is 3.15 bits per heavy atom. The first-order chi connectivity index (χ1) is 6.25. The fourth-order valence-corrected chi connectivity index (χ4v) is 1.25. The number of carbonyl (C=O) groups excluding carboxylic acids is 1. The largest absolute Gasteiger partial charge is 0.459 e. The summed E-state index contributed by atoms with van der Waals surface area (Å²) in [6.07, 6.45) is 2.05. The zero-order valence-corrected chi connectivity index (χ0v) is 7.28.